The van der Waals surface area contributed by atoms with E-state index < -0.39 is 0 Å². The van der Waals surface area contributed by atoms with Gasteiger partial charge in [-0.3, -0.25) is 5.10 Å². The van der Waals surface area contributed by atoms with Gasteiger partial charge in [-0.05, 0) is 18.1 Å². The average molecular weight is 252 g/mol. The molecule has 4 nitrogen and oxygen atoms in total. The van der Waals surface area contributed by atoms with Crippen LogP contribution >= 0.6 is 0 Å². The molecule has 3 aromatic rings. The van der Waals surface area contributed by atoms with Crippen molar-refractivity contribution in [2.45, 2.75) is 19.9 Å². The number of nitrogens with zero attached hydrogens (tertiary/aromatic N) is 3. The fraction of sp³-hybridized carbons (Fsp3) is 0.200. The number of rotatable bonds is 4. The Morgan fingerprint density at radius 1 is 1.16 bits per heavy atom. The van der Waals surface area contributed by atoms with Crippen LogP contribution in [0.2, 0.25) is 0 Å². The van der Waals surface area contributed by atoms with Gasteiger partial charge < -0.3 is 4.57 Å². The molecule has 0 aliphatic rings. The maximum Gasteiger partial charge on any atom is 0.112 e. The van der Waals surface area contributed by atoms with Crippen molar-refractivity contribution in [1.29, 1.82) is 0 Å². The van der Waals surface area contributed by atoms with E-state index in [-0.39, 0.29) is 0 Å². The Hall–Kier alpha value is -2.36. The Morgan fingerprint density at radius 2 is 2.00 bits per heavy atom. The minimum Gasteiger partial charge on any atom is -0.332 e. The highest BCUT2D eigenvalue weighted by Crippen LogP contribution is 2.16. The van der Waals surface area contributed by atoms with Crippen LogP contribution in [0.1, 0.15) is 18.2 Å². The van der Waals surface area contributed by atoms with Crippen LogP contribution in [0.4, 0.5) is 0 Å². The van der Waals surface area contributed by atoms with Crippen molar-refractivity contribution in [2.24, 2.45) is 0 Å². The topological polar surface area (TPSA) is 46.5 Å². The summed E-state index contributed by atoms with van der Waals surface area (Å²) in [6.07, 6.45) is 4.84. The average Bonchev–Trinajstić information content (AvgIpc) is 3.08. The zero-order valence-corrected chi connectivity index (χ0v) is 10.9. The van der Waals surface area contributed by atoms with E-state index in [1.807, 2.05) is 18.6 Å². The van der Waals surface area contributed by atoms with Crippen molar-refractivity contribution < 1.29 is 0 Å². The molecule has 1 N–H and O–H groups in total. The minimum absolute atomic E-state index is 0.832. The molecule has 19 heavy (non-hydrogen) atoms. The molecule has 0 atom stereocenters. The van der Waals surface area contributed by atoms with Crippen LogP contribution in [0.3, 0.4) is 0 Å². The lowest BCUT2D eigenvalue weighted by Gasteiger charge is -2.00. The number of aromatic amines is 1. The largest absolute Gasteiger partial charge is 0.332 e. The van der Waals surface area contributed by atoms with Crippen molar-refractivity contribution >= 4 is 0 Å². The summed E-state index contributed by atoms with van der Waals surface area (Å²) in [6.45, 7) is 2.93. The number of H-pyrrole nitrogens is 1. The molecule has 0 saturated heterocycles. The Balaban J connectivity index is 1.79. The summed E-state index contributed by atoms with van der Waals surface area (Å²) in [6, 6.07) is 12.4. The van der Waals surface area contributed by atoms with Crippen LogP contribution < -0.4 is 0 Å². The molecule has 3 rings (SSSR count). The summed E-state index contributed by atoms with van der Waals surface area (Å²) in [4.78, 5) is 4.41. The molecule has 0 spiro atoms. The Labute approximate surface area is 112 Å². The van der Waals surface area contributed by atoms with Gasteiger partial charge in [0.2, 0.25) is 0 Å². The van der Waals surface area contributed by atoms with E-state index in [4.69, 9.17) is 0 Å². The molecule has 0 aliphatic heterocycles. The molecular formula is C15H16N4. The number of aromatic nitrogens is 4. The first-order chi connectivity index (χ1) is 9.35. The first kappa shape index (κ1) is 11.7. The van der Waals surface area contributed by atoms with Crippen molar-refractivity contribution in [3.63, 3.8) is 0 Å². The van der Waals surface area contributed by atoms with E-state index in [1.165, 1.54) is 5.56 Å². The van der Waals surface area contributed by atoms with Gasteiger partial charge in [0.25, 0.3) is 0 Å². The lowest BCUT2D eigenvalue weighted by atomic mass is 10.2. The molecule has 0 saturated carbocycles. The van der Waals surface area contributed by atoms with Crippen LogP contribution in [0.15, 0.2) is 48.9 Å². The summed E-state index contributed by atoms with van der Waals surface area (Å²) < 4.78 is 2.07. The summed E-state index contributed by atoms with van der Waals surface area (Å²) in [5.41, 5.74) is 4.21. The molecule has 0 bridgehead atoms. The van der Waals surface area contributed by atoms with E-state index in [9.17, 15) is 0 Å². The summed E-state index contributed by atoms with van der Waals surface area (Å²) >= 11 is 0. The lowest BCUT2D eigenvalue weighted by Crippen LogP contribution is -1.95. The van der Waals surface area contributed by atoms with E-state index in [0.717, 1.165) is 30.0 Å². The van der Waals surface area contributed by atoms with Gasteiger partial charge in [-0.25, -0.2) is 4.98 Å². The van der Waals surface area contributed by atoms with Crippen molar-refractivity contribution in [1.82, 2.24) is 19.7 Å². The van der Waals surface area contributed by atoms with Crippen LogP contribution in [0.5, 0.6) is 0 Å². The second kappa shape index (κ2) is 5.10. The van der Waals surface area contributed by atoms with E-state index in [0.29, 0.717) is 0 Å². The zero-order valence-electron chi connectivity index (χ0n) is 10.9. The highest BCUT2D eigenvalue weighted by atomic mass is 15.1. The fourth-order valence-corrected chi connectivity index (χ4v) is 2.05. The number of benzene rings is 1. The molecule has 2 heterocycles. The number of hydrogen-bond acceptors (Lipinski definition) is 2. The van der Waals surface area contributed by atoms with Gasteiger partial charge in [0, 0.05) is 18.4 Å². The quantitative estimate of drug-likeness (QED) is 0.776. The van der Waals surface area contributed by atoms with E-state index in [2.05, 4.69) is 57.0 Å². The molecule has 0 amide bonds. The van der Waals surface area contributed by atoms with Crippen molar-refractivity contribution in [3.8, 4) is 11.4 Å². The third kappa shape index (κ3) is 2.57. The monoisotopic (exact) mass is 252 g/mol. The van der Waals surface area contributed by atoms with Gasteiger partial charge in [-0.15, -0.1) is 0 Å². The molecular weight excluding hydrogens is 236 g/mol. The van der Waals surface area contributed by atoms with Gasteiger partial charge in [-0.1, -0.05) is 37.3 Å². The Bertz CT molecular complexity index is 652. The summed E-state index contributed by atoms with van der Waals surface area (Å²) in [5.74, 6) is 0. The predicted octanol–water partition coefficient (Wildman–Crippen LogP) is 2.88. The van der Waals surface area contributed by atoms with E-state index >= 15 is 0 Å². The number of imidazole rings is 1. The highest BCUT2D eigenvalue weighted by molar-refractivity contribution is 5.53. The molecule has 1 aromatic carbocycles. The fourth-order valence-electron chi connectivity index (χ4n) is 2.05. The van der Waals surface area contributed by atoms with Crippen LogP contribution in [0.25, 0.3) is 11.4 Å². The smallest absolute Gasteiger partial charge is 0.112 e. The minimum atomic E-state index is 0.832. The Morgan fingerprint density at radius 3 is 2.74 bits per heavy atom. The van der Waals surface area contributed by atoms with Gasteiger partial charge in [-0.2, -0.15) is 5.10 Å². The normalized spacial score (nSPS) is 10.8. The molecule has 0 aliphatic carbocycles. The van der Waals surface area contributed by atoms with Gasteiger partial charge in [0.05, 0.1) is 6.33 Å². The van der Waals surface area contributed by atoms with Crippen LogP contribution in [0, 0.1) is 0 Å². The SMILES string of the molecule is CCc1cc(-c2cn(Cc3ccccc3)cn2)n[nH]1. The molecule has 0 radical (unpaired) electrons. The maximum atomic E-state index is 4.41. The molecule has 2 aromatic heterocycles. The highest BCUT2D eigenvalue weighted by Gasteiger charge is 2.06. The first-order valence-corrected chi connectivity index (χ1v) is 6.45. The summed E-state index contributed by atoms with van der Waals surface area (Å²) in [7, 11) is 0. The van der Waals surface area contributed by atoms with E-state index in [1.54, 1.807) is 0 Å². The zero-order chi connectivity index (χ0) is 13.1. The number of hydrogen-bond donors (Lipinski definition) is 1. The molecule has 96 valence electrons. The second-order valence-corrected chi connectivity index (χ2v) is 4.55. The van der Waals surface area contributed by atoms with Crippen molar-refractivity contribution in [2.75, 3.05) is 0 Å². The molecule has 4 heteroatoms. The van der Waals surface area contributed by atoms with Crippen LogP contribution in [-0.4, -0.2) is 19.7 Å². The Kier molecular flexibility index (Phi) is 3.14. The lowest BCUT2D eigenvalue weighted by molar-refractivity contribution is 0.797. The standard InChI is InChI=1S/C15H16N4/c1-2-13-8-14(18-17-13)15-10-19(11-16-15)9-12-6-4-3-5-7-12/h3-8,10-11H,2,9H2,1H3,(H,17,18). The maximum absolute atomic E-state index is 4.41. The van der Waals surface area contributed by atoms with Gasteiger partial charge >= 0.3 is 0 Å². The predicted molar refractivity (Wildman–Crippen MR) is 74.7 cm³/mol. The molecule has 0 fully saturated rings. The number of nitrogens with one attached hydrogen (secondary N) is 1. The molecule has 0 unspecified atom stereocenters. The summed E-state index contributed by atoms with van der Waals surface area (Å²) in [5, 5.41) is 7.29. The van der Waals surface area contributed by atoms with Crippen LogP contribution in [-0.2, 0) is 13.0 Å². The third-order valence-electron chi connectivity index (χ3n) is 3.12. The second-order valence-electron chi connectivity index (χ2n) is 4.55. The van der Waals surface area contributed by atoms with Gasteiger partial charge in [0.1, 0.15) is 11.4 Å². The van der Waals surface area contributed by atoms with Gasteiger partial charge in [0.15, 0.2) is 0 Å². The van der Waals surface area contributed by atoms with Crippen molar-refractivity contribution in [3.05, 3.63) is 60.2 Å². The number of aryl methyl sites for hydroxylation is 1. The first-order valence-electron chi connectivity index (χ1n) is 6.45. The third-order valence-corrected chi connectivity index (χ3v) is 3.12.